The summed E-state index contributed by atoms with van der Waals surface area (Å²) in [7, 11) is 0. The van der Waals surface area contributed by atoms with Crippen molar-refractivity contribution >= 4 is 65.0 Å². The maximum Gasteiger partial charge on any atom is 0.136 e. The minimum atomic E-state index is -0.484. The molecule has 0 saturated heterocycles. The van der Waals surface area contributed by atoms with Crippen molar-refractivity contribution in [1.82, 2.24) is 0 Å². The van der Waals surface area contributed by atoms with Gasteiger partial charge in [0, 0.05) is 10.8 Å². The molecule has 0 aliphatic rings. The molecule has 0 amide bonds. The molecule has 1 heteroatoms. The van der Waals surface area contributed by atoms with Gasteiger partial charge in [0.15, 0.2) is 0 Å². The highest BCUT2D eigenvalue weighted by molar-refractivity contribution is 6.26. The van der Waals surface area contributed by atoms with Crippen LogP contribution in [0, 0.1) is 0 Å². The van der Waals surface area contributed by atoms with Crippen LogP contribution < -0.4 is 0 Å². The summed E-state index contributed by atoms with van der Waals surface area (Å²) >= 11 is 0. The molecule has 0 spiro atoms. The second-order valence-electron chi connectivity index (χ2n) is 10.3. The SMILES string of the molecule is [2H]c1c([2H])c([2H])c2c([2H])c(-c3c4ccccc4c(-c4cccc5oc6cc7ccccc7cc6c45)c4ccccc34)c([2H])c([2H])c2c1[2H]. The van der Waals surface area contributed by atoms with Gasteiger partial charge in [0.05, 0.1) is 9.60 Å². The lowest BCUT2D eigenvalue weighted by atomic mass is 9.84. The summed E-state index contributed by atoms with van der Waals surface area (Å²) in [6.45, 7) is 0. The highest BCUT2D eigenvalue weighted by atomic mass is 16.3. The molecular formula is C40H24O. The molecule has 190 valence electrons. The molecule has 9 aromatic rings. The first-order valence-electron chi connectivity index (χ1n) is 17.0. The van der Waals surface area contributed by atoms with Gasteiger partial charge in [-0.15, -0.1) is 0 Å². The maximum absolute atomic E-state index is 9.37. The fraction of sp³-hybridized carbons (Fsp3) is 0. The van der Waals surface area contributed by atoms with Crippen LogP contribution in [0.3, 0.4) is 0 Å². The van der Waals surface area contributed by atoms with Gasteiger partial charge in [-0.2, -0.15) is 0 Å². The summed E-state index contributed by atoms with van der Waals surface area (Å²) in [4.78, 5) is 0. The second-order valence-corrected chi connectivity index (χ2v) is 10.3. The highest BCUT2D eigenvalue weighted by Gasteiger charge is 2.20. The standard InChI is InChI=1S/C40H24O/c1-2-11-26-22-29(21-20-25(26)10-1)38-30-14-5-7-16-32(30)39(33-17-8-6-15-31(33)38)34-18-9-19-36-40(34)35-23-27-12-3-4-13-28(27)24-37(35)41-36/h1-24H/i1D,2D,10D,11D,20D,21D,22D. The topological polar surface area (TPSA) is 13.1 Å². The molecular weight excluding hydrogens is 496 g/mol. The van der Waals surface area contributed by atoms with Gasteiger partial charge in [-0.25, -0.2) is 0 Å². The van der Waals surface area contributed by atoms with Crippen molar-refractivity contribution in [2.75, 3.05) is 0 Å². The van der Waals surface area contributed by atoms with Crippen LogP contribution in [0.4, 0.5) is 0 Å². The van der Waals surface area contributed by atoms with E-state index in [9.17, 15) is 2.74 Å². The van der Waals surface area contributed by atoms with Gasteiger partial charge >= 0.3 is 0 Å². The van der Waals surface area contributed by atoms with E-state index in [4.69, 9.17) is 11.3 Å². The van der Waals surface area contributed by atoms with Crippen molar-refractivity contribution in [2.24, 2.45) is 0 Å². The van der Waals surface area contributed by atoms with E-state index >= 15 is 0 Å². The lowest BCUT2D eigenvalue weighted by Gasteiger charge is -2.18. The van der Waals surface area contributed by atoms with Crippen LogP contribution >= 0.6 is 0 Å². The first kappa shape index (κ1) is 16.6. The summed E-state index contributed by atoms with van der Waals surface area (Å²) in [5.74, 6) is 0. The van der Waals surface area contributed by atoms with E-state index < -0.39 is 18.1 Å². The molecule has 0 aliphatic heterocycles. The zero-order valence-corrected chi connectivity index (χ0v) is 21.7. The zero-order valence-electron chi connectivity index (χ0n) is 28.7. The molecule has 9 rings (SSSR count). The van der Waals surface area contributed by atoms with E-state index in [0.717, 1.165) is 65.4 Å². The predicted molar refractivity (Wildman–Crippen MR) is 175 cm³/mol. The highest BCUT2D eigenvalue weighted by Crippen LogP contribution is 2.47. The summed E-state index contributed by atoms with van der Waals surface area (Å²) in [5.41, 5.74) is 4.25. The minimum Gasteiger partial charge on any atom is -0.456 e. The lowest BCUT2D eigenvalue weighted by molar-refractivity contribution is 0.669. The molecule has 0 N–H and O–H groups in total. The fourth-order valence-corrected chi connectivity index (χ4v) is 6.31. The molecule has 0 fully saturated rings. The van der Waals surface area contributed by atoms with E-state index in [2.05, 4.69) is 30.3 Å². The van der Waals surface area contributed by atoms with Gasteiger partial charge in [0.1, 0.15) is 11.2 Å². The average Bonchev–Trinajstić information content (AvgIpc) is 3.47. The Bertz CT molecular complexity index is 2810. The van der Waals surface area contributed by atoms with Gasteiger partial charge in [0.2, 0.25) is 0 Å². The lowest BCUT2D eigenvalue weighted by Crippen LogP contribution is -1.91. The van der Waals surface area contributed by atoms with Gasteiger partial charge in [-0.1, -0.05) is 121 Å². The Kier molecular flexibility index (Phi) is 3.47. The quantitative estimate of drug-likeness (QED) is 0.204. The van der Waals surface area contributed by atoms with Crippen LogP contribution in [0.25, 0.3) is 87.3 Å². The van der Waals surface area contributed by atoms with E-state index in [1.807, 2.05) is 72.8 Å². The van der Waals surface area contributed by atoms with Crippen LogP contribution in [-0.2, 0) is 0 Å². The van der Waals surface area contributed by atoms with Crippen LogP contribution in [0.15, 0.2) is 150 Å². The maximum atomic E-state index is 9.37. The number of furan rings is 1. The Balaban J connectivity index is 1.46. The van der Waals surface area contributed by atoms with Crippen LogP contribution in [0.2, 0.25) is 0 Å². The molecule has 1 aromatic heterocycles. The molecule has 1 heterocycles. The van der Waals surface area contributed by atoms with Gasteiger partial charge in [0.25, 0.3) is 0 Å². The van der Waals surface area contributed by atoms with Crippen LogP contribution in [-0.4, -0.2) is 0 Å². The number of benzene rings is 8. The van der Waals surface area contributed by atoms with Crippen molar-refractivity contribution in [3.05, 3.63) is 145 Å². The molecule has 1 nitrogen and oxygen atoms in total. The summed E-state index contributed by atoms with van der Waals surface area (Å²) < 4.78 is 67.6. The number of hydrogen-bond acceptors (Lipinski definition) is 1. The van der Waals surface area contributed by atoms with Crippen molar-refractivity contribution in [3.8, 4) is 22.3 Å². The van der Waals surface area contributed by atoms with Crippen molar-refractivity contribution in [2.45, 2.75) is 0 Å². The Morgan fingerprint density at radius 1 is 0.463 bits per heavy atom. The first-order chi connectivity index (χ1) is 23.3. The Morgan fingerprint density at radius 3 is 1.83 bits per heavy atom. The third kappa shape index (κ3) is 3.30. The molecule has 0 atom stereocenters. The smallest absolute Gasteiger partial charge is 0.136 e. The van der Waals surface area contributed by atoms with E-state index in [-0.39, 0.29) is 40.5 Å². The van der Waals surface area contributed by atoms with Crippen molar-refractivity contribution < 1.29 is 14.0 Å². The van der Waals surface area contributed by atoms with Gasteiger partial charge < -0.3 is 4.42 Å². The van der Waals surface area contributed by atoms with Crippen LogP contribution in [0.5, 0.6) is 0 Å². The molecule has 0 unspecified atom stereocenters. The largest absolute Gasteiger partial charge is 0.456 e. The van der Waals surface area contributed by atoms with Gasteiger partial charge in [-0.3, -0.25) is 0 Å². The van der Waals surface area contributed by atoms with Crippen LogP contribution in [0.1, 0.15) is 9.60 Å². The molecule has 8 aromatic carbocycles. The van der Waals surface area contributed by atoms with Crippen molar-refractivity contribution in [3.63, 3.8) is 0 Å². The number of fused-ring (bicyclic) bond motifs is 7. The Hall–Kier alpha value is -5.40. The third-order valence-electron chi connectivity index (χ3n) is 8.06. The van der Waals surface area contributed by atoms with Crippen molar-refractivity contribution in [1.29, 1.82) is 0 Å². The first-order valence-corrected chi connectivity index (χ1v) is 13.5. The minimum absolute atomic E-state index is 0.0592. The summed E-state index contributed by atoms with van der Waals surface area (Å²) in [6, 6.07) is 31.7. The van der Waals surface area contributed by atoms with E-state index in [1.54, 1.807) is 0 Å². The fourth-order valence-electron chi connectivity index (χ4n) is 6.31. The monoisotopic (exact) mass is 527 g/mol. The molecule has 0 saturated carbocycles. The molecule has 41 heavy (non-hydrogen) atoms. The predicted octanol–water partition coefficient (Wildman–Crippen LogP) is 11.5. The molecule has 0 radical (unpaired) electrons. The van der Waals surface area contributed by atoms with Gasteiger partial charge in [-0.05, 0) is 89.6 Å². The number of rotatable bonds is 2. The molecule has 0 aliphatic carbocycles. The average molecular weight is 528 g/mol. The normalized spacial score (nSPS) is 14.3. The Morgan fingerprint density at radius 2 is 1.10 bits per heavy atom. The number of hydrogen-bond donors (Lipinski definition) is 0. The summed E-state index contributed by atoms with van der Waals surface area (Å²) in [5, 5.41) is 7.32. The van der Waals surface area contributed by atoms with E-state index in [1.165, 1.54) is 0 Å². The molecule has 0 bridgehead atoms. The summed E-state index contributed by atoms with van der Waals surface area (Å²) in [6.07, 6.45) is 0. The Labute approximate surface area is 246 Å². The van der Waals surface area contributed by atoms with E-state index in [0.29, 0.717) is 5.56 Å². The second kappa shape index (κ2) is 8.55. The third-order valence-corrected chi connectivity index (χ3v) is 8.06. The zero-order chi connectivity index (χ0) is 33.0.